The molecule has 0 aliphatic rings. The van der Waals surface area contributed by atoms with Crippen molar-refractivity contribution in [3.63, 3.8) is 0 Å². The Morgan fingerprint density at radius 1 is 1.21 bits per heavy atom. The molecular weight excluding hydrogens is 306 g/mol. The number of anilines is 1. The minimum absolute atomic E-state index is 0.0226. The number of ether oxygens (including phenoxy) is 1. The molecule has 1 rings (SSSR count). The molecule has 0 saturated heterocycles. The van der Waals surface area contributed by atoms with Crippen molar-refractivity contribution in [2.24, 2.45) is 0 Å². The maximum absolute atomic E-state index is 5.51. The first-order valence-corrected chi connectivity index (χ1v) is 7.80. The van der Waals surface area contributed by atoms with Gasteiger partial charge in [-0.15, -0.1) is 0 Å². The Labute approximate surface area is 124 Å². The van der Waals surface area contributed by atoms with Gasteiger partial charge >= 0.3 is 0 Å². The maximum atomic E-state index is 5.51. The second-order valence-electron chi connectivity index (χ2n) is 4.48. The third-order valence-corrected chi connectivity index (χ3v) is 3.77. The lowest BCUT2D eigenvalue weighted by molar-refractivity contribution is 0.0875. The van der Waals surface area contributed by atoms with E-state index in [1.165, 1.54) is 0 Å². The normalized spacial score (nSPS) is 12.5. The second-order valence-corrected chi connectivity index (χ2v) is 5.28. The van der Waals surface area contributed by atoms with E-state index in [4.69, 9.17) is 4.74 Å². The van der Waals surface area contributed by atoms with Crippen LogP contribution in [0.25, 0.3) is 0 Å². The molecule has 1 aromatic heterocycles. The van der Waals surface area contributed by atoms with E-state index in [9.17, 15) is 0 Å². The molecule has 1 aromatic rings. The van der Waals surface area contributed by atoms with Gasteiger partial charge in [0.25, 0.3) is 0 Å². The zero-order valence-electron chi connectivity index (χ0n) is 12.3. The maximum Gasteiger partial charge on any atom is 0.159 e. The molecule has 1 unspecified atom stereocenters. The van der Waals surface area contributed by atoms with Crippen LogP contribution in [-0.4, -0.2) is 23.6 Å². The molecule has 1 atom stereocenters. The van der Waals surface area contributed by atoms with Crippen molar-refractivity contribution in [1.29, 1.82) is 0 Å². The van der Waals surface area contributed by atoms with Gasteiger partial charge in [-0.05, 0) is 35.2 Å². The van der Waals surface area contributed by atoms with E-state index < -0.39 is 0 Å². The van der Waals surface area contributed by atoms with Gasteiger partial charge in [0, 0.05) is 13.7 Å². The average Bonchev–Trinajstić information content (AvgIpc) is 2.43. The van der Waals surface area contributed by atoms with Crippen LogP contribution in [0, 0.1) is 0 Å². The summed E-state index contributed by atoms with van der Waals surface area (Å²) in [5.74, 6) is 1.66. The zero-order valence-corrected chi connectivity index (χ0v) is 13.9. The molecule has 0 fully saturated rings. The van der Waals surface area contributed by atoms with Crippen LogP contribution in [0.2, 0.25) is 0 Å². The van der Waals surface area contributed by atoms with E-state index in [2.05, 4.69) is 52.0 Å². The van der Waals surface area contributed by atoms with Crippen molar-refractivity contribution in [1.82, 2.24) is 9.97 Å². The predicted molar refractivity (Wildman–Crippen MR) is 82.5 cm³/mol. The number of nitrogens with zero attached hydrogens (tertiary/aromatic N) is 2. The summed E-state index contributed by atoms with van der Waals surface area (Å²) in [4.78, 5) is 9.24. The van der Waals surface area contributed by atoms with Crippen LogP contribution >= 0.6 is 15.9 Å². The van der Waals surface area contributed by atoms with Gasteiger partial charge in [-0.2, -0.15) is 0 Å². The molecule has 0 bridgehead atoms. The molecule has 19 heavy (non-hydrogen) atoms. The fourth-order valence-corrected chi connectivity index (χ4v) is 2.46. The number of rotatable bonds is 8. The Hall–Kier alpha value is -0.680. The summed E-state index contributed by atoms with van der Waals surface area (Å²) in [6, 6.07) is 0. The van der Waals surface area contributed by atoms with Crippen molar-refractivity contribution >= 4 is 21.7 Å². The lowest BCUT2D eigenvalue weighted by atomic mass is 10.2. The predicted octanol–water partition coefficient (Wildman–Crippen LogP) is 4.11. The molecule has 0 aromatic carbocycles. The SMILES string of the molecule is CCCNc1nc(C(CCC)OC)nc(CC)c1Br. The average molecular weight is 330 g/mol. The first kappa shape index (κ1) is 16.4. The number of hydrogen-bond acceptors (Lipinski definition) is 4. The van der Waals surface area contributed by atoms with Gasteiger partial charge in [0.15, 0.2) is 5.82 Å². The number of methoxy groups -OCH3 is 1. The van der Waals surface area contributed by atoms with Crippen LogP contribution in [0.4, 0.5) is 5.82 Å². The molecule has 0 spiro atoms. The van der Waals surface area contributed by atoms with Gasteiger partial charge in [0.1, 0.15) is 11.9 Å². The summed E-state index contributed by atoms with van der Waals surface area (Å²) >= 11 is 3.59. The van der Waals surface area contributed by atoms with E-state index in [1.54, 1.807) is 7.11 Å². The molecule has 4 nitrogen and oxygen atoms in total. The summed E-state index contributed by atoms with van der Waals surface area (Å²) in [6.07, 6.45) is 3.91. The molecule has 0 aliphatic heterocycles. The Bertz CT molecular complexity index is 399. The van der Waals surface area contributed by atoms with Crippen LogP contribution < -0.4 is 5.32 Å². The first-order chi connectivity index (χ1) is 9.17. The van der Waals surface area contributed by atoms with Gasteiger partial charge in [-0.3, -0.25) is 0 Å². The Balaban J connectivity index is 3.10. The summed E-state index contributed by atoms with van der Waals surface area (Å²) < 4.78 is 6.48. The number of hydrogen-bond donors (Lipinski definition) is 1. The van der Waals surface area contributed by atoms with E-state index in [-0.39, 0.29) is 6.10 Å². The smallest absolute Gasteiger partial charge is 0.159 e. The number of aryl methyl sites for hydroxylation is 1. The fourth-order valence-electron chi connectivity index (χ4n) is 1.87. The van der Waals surface area contributed by atoms with E-state index in [0.717, 1.165) is 54.0 Å². The highest BCUT2D eigenvalue weighted by molar-refractivity contribution is 9.10. The minimum Gasteiger partial charge on any atom is -0.373 e. The van der Waals surface area contributed by atoms with Gasteiger partial charge in [0.2, 0.25) is 0 Å². The summed E-state index contributed by atoms with van der Waals surface area (Å²) in [5, 5.41) is 3.35. The van der Waals surface area contributed by atoms with Crippen molar-refractivity contribution in [2.75, 3.05) is 19.0 Å². The molecule has 0 saturated carbocycles. The first-order valence-electron chi connectivity index (χ1n) is 7.00. The zero-order chi connectivity index (χ0) is 14.3. The molecule has 0 amide bonds. The number of aromatic nitrogens is 2. The highest BCUT2D eigenvalue weighted by Gasteiger charge is 2.17. The number of nitrogens with one attached hydrogen (secondary N) is 1. The largest absolute Gasteiger partial charge is 0.373 e. The third-order valence-electron chi connectivity index (χ3n) is 2.94. The summed E-state index contributed by atoms with van der Waals surface area (Å²) in [7, 11) is 1.72. The Kier molecular flexibility index (Phi) is 7.31. The van der Waals surface area contributed by atoms with Crippen molar-refractivity contribution < 1.29 is 4.74 Å². The molecule has 1 heterocycles. The lowest BCUT2D eigenvalue weighted by Gasteiger charge is -2.17. The molecule has 0 radical (unpaired) electrons. The second kappa shape index (κ2) is 8.48. The summed E-state index contributed by atoms with van der Waals surface area (Å²) in [5.41, 5.74) is 1.03. The van der Waals surface area contributed by atoms with Crippen LogP contribution in [0.5, 0.6) is 0 Å². The van der Waals surface area contributed by atoms with E-state index >= 15 is 0 Å². The fraction of sp³-hybridized carbons (Fsp3) is 0.714. The van der Waals surface area contributed by atoms with E-state index in [1.807, 2.05) is 0 Å². The summed E-state index contributed by atoms with van der Waals surface area (Å²) in [6.45, 7) is 7.28. The molecule has 1 N–H and O–H groups in total. The Morgan fingerprint density at radius 2 is 1.95 bits per heavy atom. The van der Waals surface area contributed by atoms with Crippen LogP contribution in [-0.2, 0) is 11.2 Å². The molecular formula is C14H24BrN3O. The van der Waals surface area contributed by atoms with Crippen molar-refractivity contribution in [3.05, 3.63) is 16.0 Å². The van der Waals surface area contributed by atoms with Gasteiger partial charge in [-0.25, -0.2) is 9.97 Å². The van der Waals surface area contributed by atoms with Crippen LogP contribution in [0.15, 0.2) is 4.47 Å². The minimum atomic E-state index is -0.0226. The highest BCUT2D eigenvalue weighted by atomic mass is 79.9. The molecule has 0 aliphatic carbocycles. The third kappa shape index (κ3) is 4.42. The Morgan fingerprint density at radius 3 is 2.47 bits per heavy atom. The van der Waals surface area contributed by atoms with Crippen molar-refractivity contribution in [2.45, 2.75) is 52.6 Å². The topological polar surface area (TPSA) is 47.0 Å². The van der Waals surface area contributed by atoms with Gasteiger partial charge < -0.3 is 10.1 Å². The van der Waals surface area contributed by atoms with Crippen LogP contribution in [0.1, 0.15) is 57.7 Å². The van der Waals surface area contributed by atoms with E-state index in [0.29, 0.717) is 0 Å². The van der Waals surface area contributed by atoms with Crippen LogP contribution in [0.3, 0.4) is 0 Å². The quantitative estimate of drug-likeness (QED) is 0.779. The number of halogens is 1. The van der Waals surface area contributed by atoms with Crippen molar-refractivity contribution in [3.8, 4) is 0 Å². The van der Waals surface area contributed by atoms with Gasteiger partial charge in [0.05, 0.1) is 10.2 Å². The molecule has 108 valence electrons. The standard InChI is InChI=1S/C14H24BrN3O/c1-5-8-11(19-4)13-17-10(7-3)12(15)14(18-13)16-9-6-2/h11H,5-9H2,1-4H3,(H,16,17,18). The lowest BCUT2D eigenvalue weighted by Crippen LogP contribution is -2.13. The molecule has 5 heteroatoms. The highest BCUT2D eigenvalue weighted by Crippen LogP contribution is 2.28. The van der Waals surface area contributed by atoms with Gasteiger partial charge in [-0.1, -0.05) is 27.2 Å². The monoisotopic (exact) mass is 329 g/mol.